The number of morpholine rings is 1. The Hall–Kier alpha value is -0.830. The molecule has 2 N–H and O–H groups in total. The monoisotopic (exact) mass is 365 g/mol. The molecular weight excluding hydrogens is 345 g/mol. The summed E-state index contributed by atoms with van der Waals surface area (Å²) >= 11 is 0. The van der Waals surface area contributed by atoms with Crippen LogP contribution in [0, 0.1) is 0 Å². The highest BCUT2D eigenvalue weighted by Crippen LogP contribution is 2.03. The van der Waals surface area contributed by atoms with Gasteiger partial charge in [-0.15, -0.1) is 24.0 Å². The molecule has 0 aliphatic carbocycles. The number of guanidine groups is 1. The Labute approximate surface area is 124 Å². The number of hydrogen-bond donors (Lipinski definition) is 1. The van der Waals surface area contributed by atoms with Gasteiger partial charge in [0.25, 0.3) is 0 Å². The van der Waals surface area contributed by atoms with Gasteiger partial charge in [-0.2, -0.15) is 0 Å². The number of aromatic nitrogens is 2. The lowest BCUT2D eigenvalue weighted by Gasteiger charge is -2.31. The Morgan fingerprint density at radius 2 is 2.44 bits per heavy atom. The van der Waals surface area contributed by atoms with Gasteiger partial charge in [-0.25, -0.2) is 4.98 Å². The first-order valence-corrected chi connectivity index (χ1v) is 5.88. The standard InChI is InChI=1S/C11H19N5O.HI/c1-10-8-16(6-7-17-10)11(12)14-3-5-15-4-2-13-9-15;/h2,4,9-10H,3,5-8H2,1H3,(H2,12,14);1H. The number of imidazole rings is 1. The first-order chi connectivity index (χ1) is 8.25. The van der Waals surface area contributed by atoms with Gasteiger partial charge in [0.15, 0.2) is 5.96 Å². The zero-order valence-electron chi connectivity index (χ0n) is 10.5. The molecule has 1 aliphatic rings. The van der Waals surface area contributed by atoms with Crippen molar-refractivity contribution in [1.29, 1.82) is 0 Å². The Kier molecular flexibility index (Phi) is 6.41. The molecule has 1 saturated heterocycles. The van der Waals surface area contributed by atoms with Crippen molar-refractivity contribution < 1.29 is 4.74 Å². The molecule has 18 heavy (non-hydrogen) atoms. The maximum Gasteiger partial charge on any atom is 0.191 e. The molecule has 1 atom stereocenters. The van der Waals surface area contributed by atoms with Crippen molar-refractivity contribution in [3.05, 3.63) is 18.7 Å². The molecule has 1 aromatic rings. The number of halogens is 1. The van der Waals surface area contributed by atoms with Crippen LogP contribution in [0.15, 0.2) is 23.7 Å². The van der Waals surface area contributed by atoms with Gasteiger partial charge >= 0.3 is 0 Å². The highest BCUT2D eigenvalue weighted by Gasteiger charge is 2.17. The van der Waals surface area contributed by atoms with Crippen molar-refractivity contribution in [2.24, 2.45) is 10.7 Å². The molecule has 1 fully saturated rings. The molecule has 0 aromatic carbocycles. The van der Waals surface area contributed by atoms with Gasteiger partial charge in [0.2, 0.25) is 0 Å². The first-order valence-electron chi connectivity index (χ1n) is 5.88. The van der Waals surface area contributed by atoms with E-state index < -0.39 is 0 Å². The first kappa shape index (κ1) is 15.2. The van der Waals surface area contributed by atoms with Crippen molar-refractivity contribution in [2.45, 2.75) is 19.6 Å². The van der Waals surface area contributed by atoms with E-state index in [-0.39, 0.29) is 30.1 Å². The molecule has 2 rings (SSSR count). The molecule has 0 amide bonds. The number of rotatable bonds is 3. The summed E-state index contributed by atoms with van der Waals surface area (Å²) in [5.74, 6) is 0.611. The lowest BCUT2D eigenvalue weighted by atomic mass is 10.3. The molecule has 7 heteroatoms. The summed E-state index contributed by atoms with van der Waals surface area (Å²) in [6.07, 6.45) is 5.69. The smallest absolute Gasteiger partial charge is 0.191 e. The SMILES string of the molecule is CC1CN(C(N)=NCCn2ccnc2)CCO1.I. The zero-order valence-corrected chi connectivity index (χ0v) is 12.9. The topological polar surface area (TPSA) is 68.7 Å². The van der Waals surface area contributed by atoms with Gasteiger partial charge in [-0.1, -0.05) is 0 Å². The second-order valence-electron chi connectivity index (χ2n) is 4.17. The van der Waals surface area contributed by atoms with Gasteiger partial charge < -0.3 is 19.9 Å². The lowest BCUT2D eigenvalue weighted by Crippen LogP contribution is -2.48. The quantitative estimate of drug-likeness (QED) is 0.482. The van der Waals surface area contributed by atoms with Crippen LogP contribution >= 0.6 is 24.0 Å². The van der Waals surface area contributed by atoms with Crippen molar-refractivity contribution in [3.8, 4) is 0 Å². The van der Waals surface area contributed by atoms with Crippen LogP contribution in [0.25, 0.3) is 0 Å². The number of nitrogens with two attached hydrogens (primary N) is 1. The lowest BCUT2D eigenvalue weighted by molar-refractivity contribution is 0.00529. The molecule has 2 heterocycles. The summed E-state index contributed by atoms with van der Waals surface area (Å²) in [5.41, 5.74) is 5.95. The van der Waals surface area contributed by atoms with Crippen molar-refractivity contribution in [1.82, 2.24) is 14.5 Å². The minimum absolute atomic E-state index is 0. The van der Waals surface area contributed by atoms with Gasteiger partial charge in [-0.3, -0.25) is 4.99 Å². The third-order valence-corrected chi connectivity index (χ3v) is 2.76. The summed E-state index contributed by atoms with van der Waals surface area (Å²) in [5, 5.41) is 0. The second kappa shape index (κ2) is 7.57. The highest BCUT2D eigenvalue weighted by atomic mass is 127. The van der Waals surface area contributed by atoms with Crippen LogP contribution in [0.1, 0.15) is 6.92 Å². The Morgan fingerprint density at radius 1 is 1.61 bits per heavy atom. The van der Waals surface area contributed by atoms with Crippen LogP contribution in [0.3, 0.4) is 0 Å². The van der Waals surface area contributed by atoms with Crippen molar-refractivity contribution in [2.75, 3.05) is 26.2 Å². The van der Waals surface area contributed by atoms with E-state index in [1.165, 1.54) is 0 Å². The van der Waals surface area contributed by atoms with Crippen LogP contribution in [0.5, 0.6) is 0 Å². The molecule has 0 saturated carbocycles. The largest absolute Gasteiger partial charge is 0.375 e. The van der Waals surface area contributed by atoms with Crippen LogP contribution in [0.2, 0.25) is 0 Å². The van der Waals surface area contributed by atoms with Gasteiger partial charge in [-0.05, 0) is 6.92 Å². The maximum atomic E-state index is 5.95. The molecule has 0 bridgehead atoms. The molecule has 6 nitrogen and oxygen atoms in total. The molecular formula is C11H20IN5O. The fourth-order valence-electron chi connectivity index (χ4n) is 1.83. The Bertz CT molecular complexity index is 368. The predicted molar refractivity (Wildman–Crippen MR) is 81.1 cm³/mol. The maximum absolute atomic E-state index is 5.95. The minimum atomic E-state index is 0. The summed E-state index contributed by atoms with van der Waals surface area (Å²) in [6.45, 7) is 5.89. The van der Waals surface area contributed by atoms with Gasteiger partial charge in [0.05, 0.1) is 25.6 Å². The van der Waals surface area contributed by atoms with Gasteiger partial charge in [0, 0.05) is 32.0 Å². The van der Waals surface area contributed by atoms with Crippen molar-refractivity contribution >= 4 is 29.9 Å². The van der Waals surface area contributed by atoms with E-state index in [0.717, 1.165) is 26.2 Å². The molecule has 0 radical (unpaired) electrons. The van der Waals surface area contributed by atoms with E-state index in [9.17, 15) is 0 Å². The minimum Gasteiger partial charge on any atom is -0.375 e. The Balaban J connectivity index is 0.00000162. The third kappa shape index (κ3) is 4.45. The van der Waals surface area contributed by atoms with E-state index in [1.54, 1.807) is 12.5 Å². The van der Waals surface area contributed by atoms with Gasteiger partial charge in [0.1, 0.15) is 0 Å². The molecule has 1 unspecified atom stereocenters. The zero-order chi connectivity index (χ0) is 12.1. The molecule has 102 valence electrons. The van der Waals surface area contributed by atoms with Crippen LogP contribution < -0.4 is 5.73 Å². The van der Waals surface area contributed by atoms with E-state index in [4.69, 9.17) is 10.5 Å². The number of hydrogen-bond acceptors (Lipinski definition) is 3. The Morgan fingerprint density at radius 3 is 3.11 bits per heavy atom. The van der Waals surface area contributed by atoms with Crippen molar-refractivity contribution in [3.63, 3.8) is 0 Å². The third-order valence-electron chi connectivity index (χ3n) is 2.76. The highest BCUT2D eigenvalue weighted by molar-refractivity contribution is 14.0. The summed E-state index contributed by atoms with van der Waals surface area (Å²) in [7, 11) is 0. The predicted octanol–water partition coefficient (Wildman–Crippen LogP) is 0.536. The van der Waals surface area contributed by atoms with E-state index in [1.807, 2.05) is 17.7 Å². The summed E-state index contributed by atoms with van der Waals surface area (Å²) in [4.78, 5) is 10.4. The second-order valence-corrected chi connectivity index (χ2v) is 4.17. The van der Waals surface area contributed by atoms with Crippen LogP contribution in [-0.4, -0.2) is 52.8 Å². The van der Waals surface area contributed by atoms with E-state index in [2.05, 4.69) is 14.9 Å². The van der Waals surface area contributed by atoms with Crippen LogP contribution in [-0.2, 0) is 11.3 Å². The summed E-state index contributed by atoms with van der Waals surface area (Å²) < 4.78 is 7.44. The van der Waals surface area contributed by atoms with E-state index >= 15 is 0 Å². The average molecular weight is 365 g/mol. The normalized spacial score (nSPS) is 20.6. The number of aliphatic imine (C=N–C) groups is 1. The summed E-state index contributed by atoms with van der Waals surface area (Å²) in [6, 6.07) is 0. The van der Waals surface area contributed by atoms with E-state index in [0.29, 0.717) is 12.5 Å². The average Bonchev–Trinajstić information content (AvgIpc) is 2.82. The number of ether oxygens (including phenoxy) is 1. The molecule has 1 aliphatic heterocycles. The fraction of sp³-hybridized carbons (Fsp3) is 0.636. The molecule has 0 spiro atoms. The van der Waals surface area contributed by atoms with Crippen LogP contribution in [0.4, 0.5) is 0 Å². The molecule has 1 aromatic heterocycles. The number of nitrogens with zero attached hydrogens (tertiary/aromatic N) is 4. The fourth-order valence-corrected chi connectivity index (χ4v) is 1.83.